The maximum absolute atomic E-state index is 3.49. The summed E-state index contributed by atoms with van der Waals surface area (Å²) in [6.07, 6.45) is 4.11. The highest BCUT2D eigenvalue weighted by atomic mass is 15.2. The Bertz CT molecular complexity index is 313. The van der Waals surface area contributed by atoms with Gasteiger partial charge in [0.2, 0.25) is 0 Å². The van der Waals surface area contributed by atoms with Crippen molar-refractivity contribution in [3.05, 3.63) is 30.3 Å². The summed E-state index contributed by atoms with van der Waals surface area (Å²) in [5, 5.41) is 3.49. The number of para-hydroxylation sites is 1. The average Bonchev–Trinajstić information content (AvgIpc) is 2.34. The zero-order valence-electron chi connectivity index (χ0n) is 11.0. The second kappa shape index (κ2) is 6.06. The van der Waals surface area contributed by atoms with Crippen molar-refractivity contribution in [2.45, 2.75) is 45.2 Å². The van der Waals surface area contributed by atoms with Crippen LogP contribution in [-0.4, -0.2) is 30.1 Å². The molecule has 2 nitrogen and oxygen atoms in total. The van der Waals surface area contributed by atoms with Crippen LogP contribution in [0.2, 0.25) is 0 Å². The first-order valence-electron chi connectivity index (χ1n) is 6.82. The van der Waals surface area contributed by atoms with Gasteiger partial charge in [0.05, 0.1) is 0 Å². The van der Waals surface area contributed by atoms with Gasteiger partial charge >= 0.3 is 0 Å². The molecule has 1 heterocycles. The summed E-state index contributed by atoms with van der Waals surface area (Å²) in [7, 11) is 0. The molecule has 1 saturated heterocycles. The molecule has 0 radical (unpaired) electrons. The molecule has 1 aromatic carbocycles. The fourth-order valence-corrected chi connectivity index (χ4v) is 2.80. The number of hydrogen-bond acceptors (Lipinski definition) is 2. The van der Waals surface area contributed by atoms with Gasteiger partial charge in [0.1, 0.15) is 0 Å². The van der Waals surface area contributed by atoms with Crippen LogP contribution in [0.5, 0.6) is 0 Å². The second-order valence-electron chi connectivity index (χ2n) is 5.16. The van der Waals surface area contributed by atoms with Gasteiger partial charge in [-0.25, -0.2) is 0 Å². The number of likely N-dealkylation sites (tertiary alicyclic amines) is 1. The lowest BCUT2D eigenvalue weighted by Gasteiger charge is -2.39. The van der Waals surface area contributed by atoms with Crippen molar-refractivity contribution < 1.29 is 0 Å². The monoisotopic (exact) mass is 232 g/mol. The van der Waals surface area contributed by atoms with Gasteiger partial charge in [-0.1, -0.05) is 24.6 Å². The lowest BCUT2D eigenvalue weighted by atomic mass is 9.98. The van der Waals surface area contributed by atoms with Crippen molar-refractivity contribution in [1.82, 2.24) is 4.90 Å². The predicted octanol–water partition coefficient (Wildman–Crippen LogP) is 3.36. The van der Waals surface area contributed by atoms with Crippen molar-refractivity contribution in [3.63, 3.8) is 0 Å². The van der Waals surface area contributed by atoms with E-state index in [1.807, 2.05) is 0 Å². The minimum Gasteiger partial charge on any atom is -0.384 e. The maximum Gasteiger partial charge on any atom is 0.0340 e. The molecule has 94 valence electrons. The SMILES string of the molecule is CC1CCCC(C)N1CCNc1ccccc1. The van der Waals surface area contributed by atoms with Crippen LogP contribution in [0.4, 0.5) is 5.69 Å². The van der Waals surface area contributed by atoms with Gasteiger partial charge in [0, 0.05) is 30.9 Å². The maximum atomic E-state index is 3.49. The summed E-state index contributed by atoms with van der Waals surface area (Å²) < 4.78 is 0. The molecular weight excluding hydrogens is 208 g/mol. The third kappa shape index (κ3) is 3.47. The van der Waals surface area contributed by atoms with Crippen LogP contribution in [0.3, 0.4) is 0 Å². The zero-order valence-corrected chi connectivity index (χ0v) is 11.0. The Morgan fingerprint density at radius 2 is 1.76 bits per heavy atom. The molecule has 2 atom stereocenters. The molecule has 0 amide bonds. The normalized spacial score (nSPS) is 25.8. The highest BCUT2D eigenvalue weighted by Gasteiger charge is 2.23. The molecule has 0 spiro atoms. The van der Waals surface area contributed by atoms with Gasteiger partial charge < -0.3 is 5.32 Å². The van der Waals surface area contributed by atoms with Gasteiger partial charge in [-0.05, 0) is 38.8 Å². The Kier molecular flexibility index (Phi) is 4.43. The Morgan fingerprint density at radius 3 is 2.41 bits per heavy atom. The summed E-state index contributed by atoms with van der Waals surface area (Å²) in [5.74, 6) is 0. The molecule has 0 aliphatic carbocycles. The molecule has 0 aromatic heterocycles. The molecule has 2 rings (SSSR count). The summed E-state index contributed by atoms with van der Waals surface area (Å²) in [5.41, 5.74) is 1.23. The molecule has 1 aromatic rings. The first-order valence-corrected chi connectivity index (χ1v) is 6.82. The summed E-state index contributed by atoms with van der Waals surface area (Å²) in [6.45, 7) is 6.91. The first-order chi connectivity index (χ1) is 8.27. The smallest absolute Gasteiger partial charge is 0.0340 e. The molecule has 1 fully saturated rings. The van der Waals surface area contributed by atoms with Gasteiger partial charge in [-0.3, -0.25) is 4.90 Å². The van der Waals surface area contributed by atoms with E-state index in [-0.39, 0.29) is 0 Å². The highest BCUT2D eigenvalue weighted by Crippen LogP contribution is 2.21. The molecule has 2 unspecified atom stereocenters. The van der Waals surface area contributed by atoms with Crippen LogP contribution in [0.1, 0.15) is 33.1 Å². The van der Waals surface area contributed by atoms with Crippen LogP contribution in [0.15, 0.2) is 30.3 Å². The predicted molar refractivity (Wildman–Crippen MR) is 74.4 cm³/mol. The van der Waals surface area contributed by atoms with Crippen molar-refractivity contribution in [2.24, 2.45) is 0 Å². The van der Waals surface area contributed by atoms with Crippen LogP contribution in [-0.2, 0) is 0 Å². The number of hydrogen-bond donors (Lipinski definition) is 1. The third-order valence-electron chi connectivity index (χ3n) is 3.85. The fraction of sp³-hybridized carbons (Fsp3) is 0.600. The minimum atomic E-state index is 0.747. The molecule has 1 aliphatic rings. The van der Waals surface area contributed by atoms with E-state index in [2.05, 4.69) is 54.4 Å². The number of piperidine rings is 1. The summed E-state index contributed by atoms with van der Waals surface area (Å²) in [6, 6.07) is 12.0. The van der Waals surface area contributed by atoms with Gasteiger partial charge in [0.15, 0.2) is 0 Å². The molecule has 0 bridgehead atoms. The Hall–Kier alpha value is -1.02. The number of rotatable bonds is 4. The average molecular weight is 232 g/mol. The van der Waals surface area contributed by atoms with Gasteiger partial charge in [-0.2, -0.15) is 0 Å². The summed E-state index contributed by atoms with van der Waals surface area (Å²) >= 11 is 0. The van der Waals surface area contributed by atoms with E-state index in [0.29, 0.717) is 0 Å². The molecule has 1 aliphatic heterocycles. The number of anilines is 1. The minimum absolute atomic E-state index is 0.747. The number of benzene rings is 1. The van der Waals surface area contributed by atoms with E-state index in [9.17, 15) is 0 Å². The van der Waals surface area contributed by atoms with E-state index in [1.54, 1.807) is 0 Å². The molecule has 0 saturated carbocycles. The van der Waals surface area contributed by atoms with Crippen molar-refractivity contribution in [2.75, 3.05) is 18.4 Å². The number of nitrogens with zero attached hydrogens (tertiary/aromatic N) is 1. The van der Waals surface area contributed by atoms with Crippen molar-refractivity contribution >= 4 is 5.69 Å². The second-order valence-corrected chi connectivity index (χ2v) is 5.16. The lowest BCUT2D eigenvalue weighted by Crippen LogP contribution is -2.45. The molecule has 1 N–H and O–H groups in total. The van der Waals surface area contributed by atoms with Crippen LogP contribution >= 0.6 is 0 Å². The molecular formula is C15H24N2. The van der Waals surface area contributed by atoms with Crippen molar-refractivity contribution in [1.29, 1.82) is 0 Å². The van der Waals surface area contributed by atoms with Crippen LogP contribution < -0.4 is 5.32 Å². The Morgan fingerprint density at radius 1 is 1.12 bits per heavy atom. The molecule has 2 heteroatoms. The third-order valence-corrected chi connectivity index (χ3v) is 3.85. The fourth-order valence-electron chi connectivity index (χ4n) is 2.80. The van der Waals surface area contributed by atoms with Crippen LogP contribution in [0, 0.1) is 0 Å². The number of nitrogens with one attached hydrogen (secondary N) is 1. The molecule has 17 heavy (non-hydrogen) atoms. The Balaban J connectivity index is 1.77. The lowest BCUT2D eigenvalue weighted by molar-refractivity contribution is 0.109. The topological polar surface area (TPSA) is 15.3 Å². The summed E-state index contributed by atoms with van der Waals surface area (Å²) in [4.78, 5) is 2.64. The largest absolute Gasteiger partial charge is 0.384 e. The van der Waals surface area contributed by atoms with E-state index in [4.69, 9.17) is 0 Å². The van der Waals surface area contributed by atoms with E-state index in [1.165, 1.54) is 24.9 Å². The van der Waals surface area contributed by atoms with Gasteiger partial charge in [-0.15, -0.1) is 0 Å². The van der Waals surface area contributed by atoms with E-state index < -0.39 is 0 Å². The van der Waals surface area contributed by atoms with E-state index >= 15 is 0 Å². The highest BCUT2D eigenvalue weighted by molar-refractivity contribution is 5.42. The van der Waals surface area contributed by atoms with Crippen molar-refractivity contribution in [3.8, 4) is 0 Å². The standard InChI is InChI=1S/C15H24N2/c1-13-7-6-8-14(2)17(13)12-11-16-15-9-4-3-5-10-15/h3-5,9-10,13-14,16H,6-8,11-12H2,1-2H3. The zero-order chi connectivity index (χ0) is 12.1. The van der Waals surface area contributed by atoms with E-state index in [0.717, 1.165) is 25.2 Å². The van der Waals surface area contributed by atoms with Crippen LogP contribution in [0.25, 0.3) is 0 Å². The first kappa shape index (κ1) is 12.4. The van der Waals surface area contributed by atoms with Gasteiger partial charge in [0.25, 0.3) is 0 Å². The Labute approximate surface area is 105 Å². The quantitative estimate of drug-likeness (QED) is 0.856.